The average molecular weight is 299 g/mol. The van der Waals surface area contributed by atoms with E-state index in [9.17, 15) is 0 Å². The number of nitriles is 1. The van der Waals surface area contributed by atoms with Crippen LogP contribution >= 0.6 is 11.3 Å². The molecule has 0 fully saturated rings. The van der Waals surface area contributed by atoms with Gasteiger partial charge >= 0.3 is 0 Å². The number of nitrogens with two attached hydrogens (primary N) is 1. The molecule has 3 heterocycles. The molecule has 3 aromatic rings. The Bertz CT molecular complexity index is 798. The second-order valence-electron chi connectivity index (χ2n) is 4.46. The van der Waals surface area contributed by atoms with Gasteiger partial charge in [0.15, 0.2) is 5.82 Å². The van der Waals surface area contributed by atoms with Gasteiger partial charge in [-0.15, -0.1) is 11.3 Å². The average Bonchev–Trinajstić information content (AvgIpc) is 3.10. The number of fused-ring (bicyclic) bond motifs is 1. The van der Waals surface area contributed by atoms with Crippen LogP contribution in [-0.4, -0.2) is 26.7 Å². The predicted molar refractivity (Wildman–Crippen MR) is 81.9 cm³/mol. The molecule has 21 heavy (non-hydrogen) atoms. The molecule has 0 saturated carbocycles. The number of thiophene rings is 1. The lowest BCUT2D eigenvalue weighted by Gasteiger charge is -2.05. The van der Waals surface area contributed by atoms with E-state index in [1.807, 2.05) is 11.4 Å². The number of hydrogen-bond acceptors (Lipinski definition) is 7. The highest BCUT2D eigenvalue weighted by atomic mass is 32.1. The number of anilines is 2. The van der Waals surface area contributed by atoms with Crippen molar-refractivity contribution >= 4 is 33.2 Å². The molecule has 7 nitrogen and oxygen atoms in total. The first kappa shape index (κ1) is 13.3. The van der Waals surface area contributed by atoms with Crippen LogP contribution in [0.15, 0.2) is 17.8 Å². The van der Waals surface area contributed by atoms with Gasteiger partial charge in [0, 0.05) is 6.54 Å². The topological polar surface area (TPSA) is 116 Å². The molecule has 3 rings (SSSR count). The molecular formula is C13H13N7S. The summed E-state index contributed by atoms with van der Waals surface area (Å²) in [5.41, 5.74) is 7.77. The first-order valence-electron chi connectivity index (χ1n) is 6.44. The van der Waals surface area contributed by atoms with Crippen molar-refractivity contribution in [3.05, 3.63) is 29.0 Å². The molecular weight excluding hydrogens is 286 g/mol. The quantitative estimate of drug-likeness (QED) is 0.620. The van der Waals surface area contributed by atoms with Gasteiger partial charge in [0.05, 0.1) is 15.9 Å². The van der Waals surface area contributed by atoms with Crippen LogP contribution in [0.2, 0.25) is 0 Å². The number of hydrogen-bond donors (Lipinski definition) is 3. The number of H-pyrrole nitrogens is 1. The molecule has 0 bridgehead atoms. The van der Waals surface area contributed by atoms with Crippen LogP contribution < -0.4 is 11.1 Å². The van der Waals surface area contributed by atoms with E-state index in [0.717, 1.165) is 34.7 Å². The van der Waals surface area contributed by atoms with Crippen molar-refractivity contribution < 1.29 is 0 Å². The fourth-order valence-electron chi connectivity index (χ4n) is 2.09. The van der Waals surface area contributed by atoms with Crippen molar-refractivity contribution in [1.29, 1.82) is 5.26 Å². The zero-order chi connectivity index (χ0) is 14.7. The molecule has 0 amide bonds. The van der Waals surface area contributed by atoms with Gasteiger partial charge in [-0.2, -0.15) is 10.4 Å². The van der Waals surface area contributed by atoms with E-state index < -0.39 is 0 Å². The summed E-state index contributed by atoms with van der Waals surface area (Å²) in [4.78, 5) is 8.46. The minimum atomic E-state index is 0.261. The summed E-state index contributed by atoms with van der Waals surface area (Å²) >= 11 is 1.61. The lowest BCUT2D eigenvalue weighted by atomic mass is 10.1. The third-order valence-corrected chi connectivity index (χ3v) is 4.03. The lowest BCUT2D eigenvalue weighted by molar-refractivity contribution is 0.823. The van der Waals surface area contributed by atoms with Crippen LogP contribution in [0, 0.1) is 11.3 Å². The minimum absolute atomic E-state index is 0.261. The van der Waals surface area contributed by atoms with Gasteiger partial charge in [0.2, 0.25) is 0 Å². The Morgan fingerprint density at radius 2 is 2.33 bits per heavy atom. The zero-order valence-electron chi connectivity index (χ0n) is 11.1. The highest BCUT2D eigenvalue weighted by Crippen LogP contribution is 2.24. The second-order valence-corrected chi connectivity index (χ2v) is 5.38. The minimum Gasteiger partial charge on any atom is -0.381 e. The van der Waals surface area contributed by atoms with Crippen molar-refractivity contribution in [3.63, 3.8) is 0 Å². The molecule has 0 radical (unpaired) electrons. The van der Waals surface area contributed by atoms with Crippen LogP contribution in [0.4, 0.5) is 11.6 Å². The Morgan fingerprint density at radius 1 is 1.43 bits per heavy atom. The summed E-state index contributed by atoms with van der Waals surface area (Å²) in [6, 6.07) is 4.04. The summed E-state index contributed by atoms with van der Waals surface area (Å²) in [6.45, 7) is 0.744. The van der Waals surface area contributed by atoms with Gasteiger partial charge in [-0.05, 0) is 24.3 Å². The maximum absolute atomic E-state index is 9.00. The summed E-state index contributed by atoms with van der Waals surface area (Å²) in [6.07, 6.45) is 3.10. The first-order valence-corrected chi connectivity index (χ1v) is 7.32. The number of aromatic amines is 1. The van der Waals surface area contributed by atoms with Crippen molar-refractivity contribution in [3.8, 4) is 6.07 Å². The van der Waals surface area contributed by atoms with Gasteiger partial charge < -0.3 is 11.1 Å². The van der Waals surface area contributed by atoms with Crippen LogP contribution in [0.3, 0.4) is 0 Å². The van der Waals surface area contributed by atoms with Crippen LogP contribution in [0.5, 0.6) is 0 Å². The van der Waals surface area contributed by atoms with Crippen molar-refractivity contribution in [2.24, 2.45) is 0 Å². The van der Waals surface area contributed by atoms with E-state index in [1.165, 1.54) is 0 Å². The molecule has 0 aromatic carbocycles. The SMILES string of the molecule is N#Cc1c(N)n[nH]c1CCCNc1ncnc2ccsc12. The van der Waals surface area contributed by atoms with E-state index in [1.54, 1.807) is 17.7 Å². The third kappa shape index (κ3) is 2.64. The zero-order valence-corrected chi connectivity index (χ0v) is 11.9. The Balaban J connectivity index is 1.59. The van der Waals surface area contributed by atoms with Gasteiger partial charge in [-0.1, -0.05) is 0 Å². The highest BCUT2D eigenvalue weighted by molar-refractivity contribution is 7.17. The van der Waals surface area contributed by atoms with Gasteiger partial charge in [0.25, 0.3) is 0 Å². The molecule has 0 unspecified atom stereocenters. The Morgan fingerprint density at radius 3 is 3.19 bits per heavy atom. The van der Waals surface area contributed by atoms with Crippen molar-refractivity contribution in [1.82, 2.24) is 20.2 Å². The van der Waals surface area contributed by atoms with Crippen LogP contribution in [-0.2, 0) is 6.42 Å². The van der Waals surface area contributed by atoms with Gasteiger partial charge in [0.1, 0.15) is 23.8 Å². The fraction of sp³-hybridized carbons (Fsp3) is 0.231. The number of nitrogen functional groups attached to an aromatic ring is 1. The third-order valence-electron chi connectivity index (χ3n) is 3.12. The monoisotopic (exact) mass is 299 g/mol. The van der Waals surface area contributed by atoms with E-state index in [-0.39, 0.29) is 5.82 Å². The number of rotatable bonds is 5. The molecule has 0 atom stereocenters. The normalized spacial score (nSPS) is 10.6. The van der Waals surface area contributed by atoms with Gasteiger partial charge in [-0.3, -0.25) is 5.10 Å². The molecule has 3 aromatic heterocycles. The Labute approximate surface area is 124 Å². The van der Waals surface area contributed by atoms with Gasteiger partial charge in [-0.25, -0.2) is 9.97 Å². The van der Waals surface area contributed by atoms with Crippen LogP contribution in [0.25, 0.3) is 10.2 Å². The molecule has 4 N–H and O–H groups in total. The molecule has 0 saturated heterocycles. The number of nitrogens with zero attached hydrogens (tertiary/aromatic N) is 4. The molecule has 106 valence electrons. The Kier molecular flexibility index (Phi) is 3.66. The molecule has 0 aliphatic heterocycles. The largest absolute Gasteiger partial charge is 0.381 e. The fourth-order valence-corrected chi connectivity index (χ4v) is 2.90. The van der Waals surface area contributed by atoms with E-state index in [0.29, 0.717) is 12.0 Å². The highest BCUT2D eigenvalue weighted by Gasteiger charge is 2.09. The van der Waals surface area contributed by atoms with Crippen LogP contribution in [0.1, 0.15) is 17.7 Å². The smallest absolute Gasteiger partial charge is 0.163 e. The van der Waals surface area contributed by atoms with Crippen molar-refractivity contribution in [2.75, 3.05) is 17.6 Å². The molecule has 0 aliphatic carbocycles. The standard InChI is InChI=1S/C13H13N7S/c14-6-8-9(19-20-12(8)15)2-1-4-16-13-11-10(3-5-21-11)17-7-18-13/h3,5,7H,1-2,4H2,(H3,15,19,20)(H,16,17,18). The molecule has 0 aliphatic rings. The second kappa shape index (κ2) is 5.76. The summed E-state index contributed by atoms with van der Waals surface area (Å²) in [5.74, 6) is 1.11. The molecule has 0 spiro atoms. The summed E-state index contributed by atoms with van der Waals surface area (Å²) in [7, 11) is 0. The Hall–Kier alpha value is -2.66. The maximum Gasteiger partial charge on any atom is 0.163 e. The predicted octanol–water partition coefficient (Wildman–Crippen LogP) is 1.91. The number of aromatic nitrogens is 4. The lowest BCUT2D eigenvalue weighted by Crippen LogP contribution is -2.05. The van der Waals surface area contributed by atoms with E-state index in [2.05, 4.69) is 31.6 Å². The van der Waals surface area contributed by atoms with E-state index in [4.69, 9.17) is 11.0 Å². The number of nitrogens with one attached hydrogen (secondary N) is 2. The number of aryl methyl sites for hydroxylation is 1. The first-order chi connectivity index (χ1) is 10.3. The van der Waals surface area contributed by atoms with E-state index >= 15 is 0 Å². The van der Waals surface area contributed by atoms with Crippen molar-refractivity contribution in [2.45, 2.75) is 12.8 Å². The summed E-state index contributed by atoms with van der Waals surface area (Å²) < 4.78 is 1.06. The maximum atomic E-state index is 9.00. The summed E-state index contributed by atoms with van der Waals surface area (Å²) in [5, 5.41) is 20.9. The molecule has 8 heteroatoms.